The number of halogens is 1. The van der Waals surface area contributed by atoms with Crippen LogP contribution in [0.1, 0.15) is 30.9 Å². The number of rotatable bonds is 5. The minimum atomic E-state index is 0.551. The van der Waals surface area contributed by atoms with Gasteiger partial charge in [-0.1, -0.05) is 61.8 Å². The molecule has 0 aliphatic rings. The molecule has 0 amide bonds. The van der Waals surface area contributed by atoms with Crippen LogP contribution < -0.4 is 4.74 Å². The van der Waals surface area contributed by atoms with E-state index in [-0.39, 0.29) is 0 Å². The van der Waals surface area contributed by atoms with Crippen LogP contribution in [0.15, 0.2) is 60.7 Å². The van der Waals surface area contributed by atoms with Crippen LogP contribution in [0.5, 0.6) is 5.75 Å². The minimum Gasteiger partial charge on any atom is -0.493 e. The molecule has 0 saturated carbocycles. The predicted molar refractivity (Wildman–Crippen MR) is 98.7 cm³/mol. The van der Waals surface area contributed by atoms with E-state index < -0.39 is 0 Å². The number of fused-ring (bicyclic) bond motifs is 1. The van der Waals surface area contributed by atoms with Crippen LogP contribution in [0.3, 0.4) is 0 Å². The lowest BCUT2D eigenvalue weighted by Gasteiger charge is -2.10. The molecular weight excluding hydrogens is 304 g/mol. The standard InChI is InChI=1S/C21H21ClO/c1-15(2)17-5-6-19-14-21(10-7-18(19)13-17)23-12-11-16-3-8-20(22)9-4-16/h3-10,13-15H,11-12H2,1-2H3. The van der Waals surface area contributed by atoms with Crippen LogP contribution >= 0.6 is 11.6 Å². The molecule has 23 heavy (non-hydrogen) atoms. The highest BCUT2D eigenvalue weighted by atomic mass is 35.5. The van der Waals surface area contributed by atoms with Crippen molar-refractivity contribution in [3.63, 3.8) is 0 Å². The van der Waals surface area contributed by atoms with Gasteiger partial charge < -0.3 is 4.74 Å². The van der Waals surface area contributed by atoms with Crippen molar-refractivity contribution >= 4 is 22.4 Å². The Labute approximate surface area is 142 Å². The molecule has 0 saturated heterocycles. The van der Waals surface area contributed by atoms with Gasteiger partial charge in [-0.15, -0.1) is 0 Å². The minimum absolute atomic E-state index is 0.551. The molecule has 3 rings (SSSR count). The van der Waals surface area contributed by atoms with Crippen molar-refractivity contribution in [2.45, 2.75) is 26.2 Å². The summed E-state index contributed by atoms with van der Waals surface area (Å²) < 4.78 is 5.89. The van der Waals surface area contributed by atoms with Gasteiger partial charge in [-0.3, -0.25) is 0 Å². The molecule has 0 heterocycles. The Kier molecular flexibility index (Phi) is 4.88. The van der Waals surface area contributed by atoms with E-state index in [1.165, 1.54) is 21.9 Å². The summed E-state index contributed by atoms with van der Waals surface area (Å²) in [6, 6.07) is 20.9. The van der Waals surface area contributed by atoms with E-state index in [0.29, 0.717) is 12.5 Å². The molecule has 0 bridgehead atoms. The Morgan fingerprint density at radius 2 is 1.57 bits per heavy atom. The first-order chi connectivity index (χ1) is 11.1. The highest BCUT2D eigenvalue weighted by Gasteiger charge is 2.03. The molecule has 0 aromatic heterocycles. The lowest BCUT2D eigenvalue weighted by atomic mass is 9.99. The molecule has 0 aliphatic carbocycles. The molecule has 3 aromatic carbocycles. The zero-order chi connectivity index (χ0) is 16.2. The number of benzene rings is 3. The van der Waals surface area contributed by atoms with Crippen molar-refractivity contribution in [2.75, 3.05) is 6.61 Å². The maximum atomic E-state index is 5.90. The van der Waals surface area contributed by atoms with Gasteiger partial charge in [-0.25, -0.2) is 0 Å². The van der Waals surface area contributed by atoms with Gasteiger partial charge in [0, 0.05) is 11.4 Å². The molecule has 0 atom stereocenters. The van der Waals surface area contributed by atoms with Crippen LogP contribution in [0, 0.1) is 0 Å². The predicted octanol–water partition coefficient (Wildman–Crippen LogP) is 6.24. The topological polar surface area (TPSA) is 9.23 Å². The summed E-state index contributed by atoms with van der Waals surface area (Å²) in [5.41, 5.74) is 2.60. The summed E-state index contributed by atoms with van der Waals surface area (Å²) in [5.74, 6) is 1.47. The summed E-state index contributed by atoms with van der Waals surface area (Å²) in [6.07, 6.45) is 0.876. The second kappa shape index (κ2) is 7.06. The van der Waals surface area contributed by atoms with Crippen molar-refractivity contribution in [3.8, 4) is 5.75 Å². The Morgan fingerprint density at radius 1 is 0.870 bits per heavy atom. The second-order valence-electron chi connectivity index (χ2n) is 6.15. The Morgan fingerprint density at radius 3 is 2.30 bits per heavy atom. The van der Waals surface area contributed by atoms with Crippen molar-refractivity contribution in [1.82, 2.24) is 0 Å². The lowest BCUT2D eigenvalue weighted by Crippen LogP contribution is -2.01. The molecule has 3 aromatic rings. The third kappa shape index (κ3) is 4.05. The van der Waals surface area contributed by atoms with E-state index in [1.54, 1.807) is 0 Å². The number of ether oxygens (including phenoxy) is 1. The Balaban J connectivity index is 1.66. The Bertz CT molecular complexity index is 791. The largest absolute Gasteiger partial charge is 0.493 e. The fourth-order valence-corrected chi connectivity index (χ4v) is 2.75. The van der Waals surface area contributed by atoms with Crippen LogP contribution in [0.2, 0.25) is 5.02 Å². The van der Waals surface area contributed by atoms with Gasteiger partial charge in [0.05, 0.1) is 6.61 Å². The zero-order valence-electron chi connectivity index (χ0n) is 13.6. The third-order valence-electron chi connectivity index (χ3n) is 4.08. The fraction of sp³-hybridized carbons (Fsp3) is 0.238. The van der Waals surface area contributed by atoms with Gasteiger partial charge in [0.1, 0.15) is 5.75 Å². The average molecular weight is 325 g/mol. The molecule has 0 radical (unpaired) electrons. The third-order valence-corrected chi connectivity index (χ3v) is 4.33. The monoisotopic (exact) mass is 324 g/mol. The summed E-state index contributed by atoms with van der Waals surface area (Å²) in [6.45, 7) is 5.10. The van der Waals surface area contributed by atoms with Crippen molar-refractivity contribution < 1.29 is 4.74 Å². The van der Waals surface area contributed by atoms with E-state index in [4.69, 9.17) is 16.3 Å². The van der Waals surface area contributed by atoms with Crippen LogP contribution in [-0.2, 0) is 6.42 Å². The van der Waals surface area contributed by atoms with Gasteiger partial charge in [0.2, 0.25) is 0 Å². The maximum absolute atomic E-state index is 5.90. The first kappa shape index (κ1) is 15.9. The first-order valence-corrected chi connectivity index (χ1v) is 8.40. The Hall–Kier alpha value is -1.99. The quantitative estimate of drug-likeness (QED) is 0.540. The lowest BCUT2D eigenvalue weighted by molar-refractivity contribution is 0.322. The number of hydrogen-bond acceptors (Lipinski definition) is 1. The van der Waals surface area contributed by atoms with Crippen molar-refractivity contribution in [2.24, 2.45) is 0 Å². The molecule has 0 unspecified atom stereocenters. The van der Waals surface area contributed by atoms with E-state index in [0.717, 1.165) is 17.2 Å². The first-order valence-electron chi connectivity index (χ1n) is 8.03. The molecule has 1 nitrogen and oxygen atoms in total. The average Bonchev–Trinajstić information content (AvgIpc) is 2.56. The van der Waals surface area contributed by atoms with E-state index >= 15 is 0 Å². The summed E-state index contributed by atoms with van der Waals surface area (Å²) in [7, 11) is 0. The maximum Gasteiger partial charge on any atom is 0.119 e. The summed E-state index contributed by atoms with van der Waals surface area (Å²) in [5, 5.41) is 3.25. The summed E-state index contributed by atoms with van der Waals surface area (Å²) in [4.78, 5) is 0. The SMILES string of the molecule is CC(C)c1ccc2cc(OCCc3ccc(Cl)cc3)ccc2c1. The van der Waals surface area contributed by atoms with Crippen LogP contribution in [0.25, 0.3) is 10.8 Å². The van der Waals surface area contributed by atoms with Crippen molar-refractivity contribution in [3.05, 3.63) is 76.8 Å². The molecular formula is C21H21ClO. The van der Waals surface area contributed by atoms with Gasteiger partial charge in [0.25, 0.3) is 0 Å². The highest BCUT2D eigenvalue weighted by Crippen LogP contribution is 2.25. The van der Waals surface area contributed by atoms with E-state index in [1.807, 2.05) is 30.3 Å². The van der Waals surface area contributed by atoms with Gasteiger partial charge >= 0.3 is 0 Å². The zero-order valence-corrected chi connectivity index (χ0v) is 14.3. The smallest absolute Gasteiger partial charge is 0.119 e. The molecule has 2 heteroatoms. The normalized spacial score (nSPS) is 11.1. The van der Waals surface area contributed by atoms with E-state index in [9.17, 15) is 0 Å². The van der Waals surface area contributed by atoms with Gasteiger partial charge in [-0.05, 0) is 52.1 Å². The van der Waals surface area contributed by atoms with Crippen LogP contribution in [-0.4, -0.2) is 6.61 Å². The summed E-state index contributed by atoms with van der Waals surface area (Å²) >= 11 is 5.90. The highest BCUT2D eigenvalue weighted by molar-refractivity contribution is 6.30. The molecule has 0 fully saturated rings. The van der Waals surface area contributed by atoms with Crippen molar-refractivity contribution in [1.29, 1.82) is 0 Å². The van der Waals surface area contributed by atoms with Gasteiger partial charge in [0.15, 0.2) is 0 Å². The second-order valence-corrected chi connectivity index (χ2v) is 6.58. The molecule has 118 valence electrons. The van der Waals surface area contributed by atoms with Gasteiger partial charge in [-0.2, -0.15) is 0 Å². The molecule has 0 N–H and O–H groups in total. The fourth-order valence-electron chi connectivity index (χ4n) is 2.63. The number of hydrogen-bond donors (Lipinski definition) is 0. The van der Waals surface area contributed by atoms with E-state index in [2.05, 4.69) is 44.2 Å². The van der Waals surface area contributed by atoms with Crippen LogP contribution in [0.4, 0.5) is 0 Å². The molecule has 0 aliphatic heterocycles. The molecule has 0 spiro atoms.